The van der Waals surface area contributed by atoms with Gasteiger partial charge in [0.05, 0.1) is 30.5 Å². The predicted molar refractivity (Wildman–Crippen MR) is 112 cm³/mol. The fourth-order valence-electron chi connectivity index (χ4n) is 2.65. The minimum Gasteiger partial charge on any atom is -0.460 e. The molecular formula is C20H35BN2O5. The third-order valence-corrected chi connectivity index (χ3v) is 3.69. The monoisotopic (exact) mass is 402 g/mol. The van der Waals surface area contributed by atoms with E-state index in [1.54, 1.807) is 27.7 Å². The summed E-state index contributed by atoms with van der Waals surface area (Å²) in [5, 5.41) is 32.3. The van der Waals surface area contributed by atoms with E-state index in [0.717, 1.165) is 0 Å². The van der Waals surface area contributed by atoms with Gasteiger partial charge in [-0.25, -0.2) is 0 Å². The highest BCUT2D eigenvalue weighted by Gasteiger charge is 2.23. The van der Waals surface area contributed by atoms with E-state index < -0.39 is 50.8 Å². The molecule has 0 heterocycles. The SMILES string of the molecule is [2H]C([2H])(O)C([2H])([2H])N(c1ccc(C)c(C[C@@H](CC(=O)OC(C)(C)C)NB(C)O)c1)C([2H])([2H])C([2H])([2H])O. The lowest BCUT2D eigenvalue weighted by atomic mass is 9.85. The van der Waals surface area contributed by atoms with Crippen LogP contribution in [-0.4, -0.2) is 66.0 Å². The highest BCUT2D eigenvalue weighted by molar-refractivity contribution is 6.45. The van der Waals surface area contributed by atoms with Crippen molar-refractivity contribution in [2.24, 2.45) is 0 Å². The highest BCUT2D eigenvalue weighted by Crippen LogP contribution is 2.22. The summed E-state index contributed by atoms with van der Waals surface area (Å²) >= 11 is 0. The Morgan fingerprint density at radius 2 is 1.93 bits per heavy atom. The predicted octanol–water partition coefficient (Wildman–Crippen LogP) is 1.13. The molecular weight excluding hydrogens is 359 g/mol. The number of ether oxygens (including phenoxy) is 1. The zero-order valence-electron chi connectivity index (χ0n) is 24.9. The number of hydrogen-bond donors (Lipinski definition) is 4. The van der Waals surface area contributed by atoms with E-state index in [-0.39, 0.29) is 23.4 Å². The molecule has 28 heavy (non-hydrogen) atoms. The summed E-state index contributed by atoms with van der Waals surface area (Å²) < 4.78 is 67.6. The van der Waals surface area contributed by atoms with Crippen molar-refractivity contribution in [1.82, 2.24) is 5.23 Å². The Kier molecular flexibility index (Phi) is 5.86. The summed E-state index contributed by atoms with van der Waals surface area (Å²) in [5.41, 5.74) is -0.0928. The summed E-state index contributed by atoms with van der Waals surface area (Å²) in [7, 11) is -1.01. The molecule has 0 saturated heterocycles. The Labute approximate surface area is 180 Å². The van der Waals surface area contributed by atoms with E-state index in [1.165, 1.54) is 25.0 Å². The molecule has 0 unspecified atom stereocenters. The second-order valence-electron chi connectivity index (χ2n) is 7.43. The van der Waals surface area contributed by atoms with E-state index in [2.05, 4.69) is 5.23 Å². The van der Waals surface area contributed by atoms with Gasteiger partial charge < -0.3 is 30.1 Å². The number of esters is 1. The molecule has 1 aromatic rings. The highest BCUT2D eigenvalue weighted by atomic mass is 16.6. The maximum atomic E-state index is 12.4. The standard InChI is InChI=1S/C20H35BN2O5/c1-15-6-7-18(23(8-10-24)9-11-25)13-16(15)12-17(22-21(5)27)14-19(26)28-20(2,3)4/h6-7,13,17,22,24-25,27H,8-12,14H2,1-5H3/t17-/m0/s1/i8D2,9D2,10D2,11D2. The number of carbonyl (C=O) groups excluding carboxylic acids is 1. The van der Waals surface area contributed by atoms with Crippen LogP contribution in [0, 0.1) is 6.92 Å². The quantitative estimate of drug-likeness (QED) is 0.325. The molecule has 0 fully saturated rings. The van der Waals surface area contributed by atoms with Crippen molar-refractivity contribution in [3.63, 3.8) is 0 Å². The Morgan fingerprint density at radius 1 is 1.32 bits per heavy atom. The summed E-state index contributed by atoms with van der Waals surface area (Å²) in [4.78, 5) is 12.4. The molecule has 0 aliphatic heterocycles. The Balaban J connectivity index is 3.56. The molecule has 0 aliphatic rings. The topological polar surface area (TPSA) is 102 Å². The van der Waals surface area contributed by atoms with Crippen LogP contribution in [0.4, 0.5) is 5.69 Å². The van der Waals surface area contributed by atoms with Crippen LogP contribution in [0.3, 0.4) is 0 Å². The van der Waals surface area contributed by atoms with Gasteiger partial charge in [-0.3, -0.25) is 4.79 Å². The first-order valence-corrected chi connectivity index (χ1v) is 8.90. The van der Waals surface area contributed by atoms with Crippen molar-refractivity contribution in [1.29, 1.82) is 0 Å². The van der Waals surface area contributed by atoms with Gasteiger partial charge in [0.2, 0.25) is 0 Å². The third kappa shape index (κ3) is 9.06. The molecule has 4 N–H and O–H groups in total. The van der Waals surface area contributed by atoms with E-state index in [1.807, 2.05) is 0 Å². The fraction of sp³-hybridized carbons (Fsp3) is 0.650. The minimum atomic E-state index is -3.66. The van der Waals surface area contributed by atoms with Crippen LogP contribution in [0.5, 0.6) is 0 Å². The van der Waals surface area contributed by atoms with Gasteiger partial charge in [-0.05, 0) is 64.2 Å². The van der Waals surface area contributed by atoms with Crippen LogP contribution in [0.25, 0.3) is 0 Å². The van der Waals surface area contributed by atoms with Crippen LogP contribution < -0.4 is 10.1 Å². The normalized spacial score (nSPS) is 18.9. The summed E-state index contributed by atoms with van der Waals surface area (Å²) in [5.74, 6) is -0.550. The molecule has 0 bridgehead atoms. The Hall–Kier alpha value is -1.61. The van der Waals surface area contributed by atoms with Gasteiger partial charge in [-0.2, -0.15) is 0 Å². The van der Waals surface area contributed by atoms with Gasteiger partial charge in [0.1, 0.15) is 5.60 Å². The van der Waals surface area contributed by atoms with Crippen LogP contribution in [0.2, 0.25) is 6.82 Å². The van der Waals surface area contributed by atoms with Crippen molar-refractivity contribution in [3.05, 3.63) is 29.3 Å². The molecule has 0 aromatic heterocycles. The molecule has 8 heteroatoms. The first-order chi connectivity index (χ1) is 15.9. The van der Waals surface area contributed by atoms with Gasteiger partial charge in [-0.1, -0.05) is 6.07 Å². The van der Waals surface area contributed by atoms with Gasteiger partial charge in [0, 0.05) is 24.7 Å². The minimum absolute atomic E-state index is 0.00785. The largest absolute Gasteiger partial charge is 0.460 e. The van der Waals surface area contributed by atoms with E-state index in [0.29, 0.717) is 11.1 Å². The molecule has 7 nitrogen and oxygen atoms in total. The lowest BCUT2D eigenvalue weighted by Gasteiger charge is -2.26. The molecule has 0 amide bonds. The van der Waals surface area contributed by atoms with E-state index in [9.17, 15) is 20.0 Å². The Bertz CT molecular complexity index is 891. The molecule has 158 valence electrons. The molecule has 1 aromatic carbocycles. The number of aliphatic hydroxyl groups is 2. The van der Waals surface area contributed by atoms with Crippen LogP contribution in [0.15, 0.2) is 18.2 Å². The smallest absolute Gasteiger partial charge is 0.373 e. The number of nitrogens with zero attached hydrogens (tertiary/aromatic N) is 1. The maximum absolute atomic E-state index is 12.4. The first-order valence-electron chi connectivity index (χ1n) is 12.9. The number of hydrogen-bond acceptors (Lipinski definition) is 7. The second-order valence-corrected chi connectivity index (χ2v) is 7.43. The Morgan fingerprint density at radius 3 is 2.43 bits per heavy atom. The van der Waals surface area contributed by atoms with Gasteiger partial charge >= 0.3 is 13.0 Å². The number of nitrogens with one attached hydrogen (secondary N) is 1. The van der Waals surface area contributed by atoms with Crippen LogP contribution >= 0.6 is 0 Å². The number of benzene rings is 1. The van der Waals surface area contributed by atoms with Crippen molar-refractivity contribution in [2.45, 2.75) is 59.0 Å². The van der Waals surface area contributed by atoms with Gasteiger partial charge in [0.15, 0.2) is 0 Å². The number of carbonyl (C=O) groups is 1. The van der Waals surface area contributed by atoms with Gasteiger partial charge in [0.25, 0.3) is 0 Å². The zero-order valence-corrected chi connectivity index (χ0v) is 16.9. The van der Waals surface area contributed by atoms with E-state index >= 15 is 0 Å². The van der Waals surface area contributed by atoms with Crippen molar-refractivity contribution >= 4 is 18.7 Å². The van der Waals surface area contributed by atoms with E-state index in [4.69, 9.17) is 15.7 Å². The molecule has 0 saturated carbocycles. The maximum Gasteiger partial charge on any atom is 0.373 e. The first kappa shape index (κ1) is 14.4. The molecule has 0 aliphatic carbocycles. The van der Waals surface area contributed by atoms with Crippen LogP contribution in [0.1, 0.15) is 49.3 Å². The molecule has 1 rings (SSSR count). The average Bonchev–Trinajstić information content (AvgIpc) is 2.59. The summed E-state index contributed by atoms with van der Waals surface area (Å²) in [6.45, 7) is -6.17. The second kappa shape index (κ2) is 11.4. The molecule has 0 radical (unpaired) electrons. The molecule has 1 atom stereocenters. The molecule has 0 spiro atoms. The van der Waals surface area contributed by atoms with Gasteiger partial charge in [-0.15, -0.1) is 0 Å². The van der Waals surface area contributed by atoms with Crippen molar-refractivity contribution < 1.29 is 35.7 Å². The third-order valence-electron chi connectivity index (χ3n) is 3.69. The number of anilines is 1. The average molecular weight is 402 g/mol. The van der Waals surface area contributed by atoms with Crippen molar-refractivity contribution in [3.8, 4) is 0 Å². The lowest BCUT2D eigenvalue weighted by molar-refractivity contribution is -0.155. The zero-order chi connectivity index (χ0) is 28.5. The summed E-state index contributed by atoms with van der Waals surface area (Å²) in [6.07, 6.45) is -0.0999. The number of aryl methyl sites for hydroxylation is 1. The summed E-state index contributed by atoms with van der Waals surface area (Å²) in [6, 6.07) is 3.20. The fourth-order valence-corrected chi connectivity index (χ4v) is 2.65. The lowest BCUT2D eigenvalue weighted by Crippen LogP contribution is -2.43. The van der Waals surface area contributed by atoms with Crippen LogP contribution in [-0.2, 0) is 16.0 Å². The number of rotatable bonds is 11. The van der Waals surface area contributed by atoms with Crippen molar-refractivity contribution in [2.75, 3.05) is 31.0 Å².